The van der Waals surface area contributed by atoms with E-state index in [1.807, 2.05) is 6.92 Å². The molecule has 2 unspecified atom stereocenters. The molecule has 6 N–H and O–H groups in total. The Morgan fingerprint density at radius 2 is 1.94 bits per heavy atom. The molecule has 2 atom stereocenters. The van der Waals surface area contributed by atoms with Gasteiger partial charge in [0, 0.05) is 12.2 Å². The third-order valence-corrected chi connectivity index (χ3v) is 7.74. The van der Waals surface area contributed by atoms with Crippen LogP contribution in [0.1, 0.15) is 48.1 Å². The fourth-order valence-corrected chi connectivity index (χ4v) is 6.25. The molecular weight excluding hydrogens is 486 g/mol. The van der Waals surface area contributed by atoms with E-state index in [-0.39, 0.29) is 24.2 Å². The smallest absolute Gasteiger partial charge is 0.345 e. The molecule has 196 valence electrons. The lowest BCUT2D eigenvalue weighted by atomic mass is 10.0. The van der Waals surface area contributed by atoms with E-state index in [1.54, 1.807) is 44.2 Å². The number of carboxylic acid groups (broad SMARTS) is 1. The highest BCUT2D eigenvalue weighted by atomic mass is 32.2. The van der Waals surface area contributed by atoms with Gasteiger partial charge in [0.05, 0.1) is 17.4 Å². The quantitative estimate of drug-likeness (QED) is 0.276. The van der Waals surface area contributed by atoms with Crippen LogP contribution in [0.4, 0.5) is 5.82 Å². The lowest BCUT2D eigenvalue weighted by Gasteiger charge is -2.32. The van der Waals surface area contributed by atoms with Gasteiger partial charge < -0.3 is 16.2 Å². The minimum Gasteiger partial charge on any atom is -0.478 e. The molecule has 1 aliphatic rings. The van der Waals surface area contributed by atoms with Crippen LogP contribution in [-0.4, -0.2) is 48.7 Å². The highest BCUT2D eigenvalue weighted by molar-refractivity contribution is 7.89. The molecule has 11 nitrogen and oxygen atoms in total. The fourth-order valence-electron chi connectivity index (χ4n) is 4.48. The predicted molar refractivity (Wildman–Crippen MR) is 133 cm³/mol. The molecule has 1 amide bonds. The maximum atomic E-state index is 13.5. The van der Waals surface area contributed by atoms with Gasteiger partial charge in [0.2, 0.25) is 21.6 Å². The fraction of sp³-hybridized carbons (Fsp3) is 0.458. The first-order valence-electron chi connectivity index (χ1n) is 11.7. The summed E-state index contributed by atoms with van der Waals surface area (Å²) < 4.78 is 29.4. The molecule has 2 heterocycles. The molecule has 3 rings (SSSR count). The summed E-state index contributed by atoms with van der Waals surface area (Å²) in [5.74, 6) is -1.84. The van der Waals surface area contributed by atoms with Crippen LogP contribution in [0.2, 0.25) is 0 Å². The van der Waals surface area contributed by atoms with Gasteiger partial charge in [-0.1, -0.05) is 23.8 Å². The number of hydroxylamine groups is 1. The largest absolute Gasteiger partial charge is 0.478 e. The zero-order valence-electron chi connectivity index (χ0n) is 20.6. The Balaban J connectivity index is 1.91. The molecular formula is C24H33N5O6S. The van der Waals surface area contributed by atoms with E-state index in [9.17, 15) is 23.1 Å². The molecule has 12 heteroatoms. The van der Waals surface area contributed by atoms with Crippen LogP contribution in [0, 0.1) is 20.8 Å². The van der Waals surface area contributed by atoms with Gasteiger partial charge in [-0.25, -0.2) is 23.7 Å². The Bertz CT molecular complexity index is 1210. The van der Waals surface area contributed by atoms with Crippen LogP contribution >= 0.6 is 0 Å². The molecule has 1 aromatic carbocycles. The van der Waals surface area contributed by atoms with Gasteiger partial charge in [0.1, 0.15) is 5.82 Å². The summed E-state index contributed by atoms with van der Waals surface area (Å²) in [6.07, 6.45) is 0.323. The van der Waals surface area contributed by atoms with E-state index in [0.717, 1.165) is 5.56 Å². The van der Waals surface area contributed by atoms with Crippen LogP contribution in [0.25, 0.3) is 0 Å². The second-order valence-electron chi connectivity index (χ2n) is 9.13. The first-order valence-corrected chi connectivity index (χ1v) is 13.2. The number of amides is 1. The first kappa shape index (κ1) is 27.5. The molecule has 0 spiro atoms. The van der Waals surface area contributed by atoms with Crippen molar-refractivity contribution in [1.82, 2.24) is 20.5 Å². The van der Waals surface area contributed by atoms with Crippen LogP contribution < -0.4 is 21.3 Å². The number of benzene rings is 1. The number of nitrogens with two attached hydrogens (primary N) is 1. The second-order valence-corrected chi connectivity index (χ2v) is 10.7. The van der Waals surface area contributed by atoms with Crippen LogP contribution in [0.3, 0.4) is 0 Å². The molecule has 1 aliphatic heterocycles. The number of nitrogens with zero attached hydrogens (tertiary/aromatic N) is 1. The Kier molecular flexibility index (Phi) is 8.67. The van der Waals surface area contributed by atoms with Crippen molar-refractivity contribution in [3.05, 3.63) is 52.7 Å². The van der Waals surface area contributed by atoms with E-state index >= 15 is 0 Å². The highest BCUT2D eigenvalue weighted by Gasteiger charge is 2.44. The van der Waals surface area contributed by atoms with E-state index in [4.69, 9.17) is 10.6 Å². The Hall–Kier alpha value is -3.06. The SMILES string of the molecule is Cc1cc(C)c(S(=O)(=O)NC(CCCc2cccc(N)n2)(NC(=O)CC2CCNO2)C(=O)O)c(C)c1. The summed E-state index contributed by atoms with van der Waals surface area (Å²) in [7, 11) is -4.34. The second kappa shape index (κ2) is 11.3. The van der Waals surface area contributed by atoms with Gasteiger partial charge in [0.25, 0.3) is 0 Å². The number of carboxylic acids is 1. The van der Waals surface area contributed by atoms with E-state index in [1.165, 1.54) is 0 Å². The molecule has 1 fully saturated rings. The normalized spacial score (nSPS) is 17.5. The minimum atomic E-state index is -4.34. The Morgan fingerprint density at radius 1 is 1.25 bits per heavy atom. The number of aromatic nitrogens is 1. The first-order chi connectivity index (χ1) is 16.9. The maximum absolute atomic E-state index is 13.5. The number of nitrogen functional groups attached to an aromatic ring is 1. The molecule has 0 radical (unpaired) electrons. The average molecular weight is 520 g/mol. The summed E-state index contributed by atoms with van der Waals surface area (Å²) in [5, 5.41) is 12.7. The number of aryl methyl sites for hydroxylation is 4. The summed E-state index contributed by atoms with van der Waals surface area (Å²) in [6, 6.07) is 8.51. The Morgan fingerprint density at radius 3 is 2.53 bits per heavy atom. The summed E-state index contributed by atoms with van der Waals surface area (Å²) in [4.78, 5) is 34.9. The Labute approximate surface area is 210 Å². The summed E-state index contributed by atoms with van der Waals surface area (Å²) >= 11 is 0. The number of hydrogen-bond donors (Lipinski definition) is 5. The average Bonchev–Trinajstić information content (AvgIpc) is 3.25. The van der Waals surface area contributed by atoms with Crippen molar-refractivity contribution >= 4 is 27.7 Å². The van der Waals surface area contributed by atoms with Crippen molar-refractivity contribution in [1.29, 1.82) is 0 Å². The lowest BCUT2D eigenvalue weighted by molar-refractivity contribution is -0.149. The van der Waals surface area contributed by atoms with Crippen molar-refractivity contribution in [2.75, 3.05) is 12.3 Å². The van der Waals surface area contributed by atoms with Crippen molar-refractivity contribution < 1.29 is 28.0 Å². The third-order valence-electron chi connectivity index (χ3n) is 5.94. The highest BCUT2D eigenvalue weighted by Crippen LogP contribution is 2.25. The number of nitrogens with one attached hydrogen (secondary N) is 3. The maximum Gasteiger partial charge on any atom is 0.345 e. The van der Waals surface area contributed by atoms with Crippen LogP contribution in [0.5, 0.6) is 0 Å². The standard InChI is InChI=1S/C24H33N5O6S/c1-15-12-16(2)22(17(3)13-15)36(33,34)29-24(23(31)32,28-21(30)14-19-9-11-26-35-19)10-5-7-18-6-4-8-20(25)27-18/h4,6,8,12-13,19,26,29H,5,7,9-11,14H2,1-3H3,(H2,25,27)(H,28,30)(H,31,32). The minimum absolute atomic E-state index is 0.0196. The van der Waals surface area contributed by atoms with Gasteiger partial charge in [-0.05, 0) is 69.7 Å². The molecule has 36 heavy (non-hydrogen) atoms. The molecule has 0 bridgehead atoms. The van der Waals surface area contributed by atoms with Gasteiger partial charge in [0.15, 0.2) is 0 Å². The third kappa shape index (κ3) is 6.78. The zero-order valence-corrected chi connectivity index (χ0v) is 21.4. The van der Waals surface area contributed by atoms with Crippen molar-refractivity contribution in [3.63, 3.8) is 0 Å². The summed E-state index contributed by atoms with van der Waals surface area (Å²) in [5.41, 5.74) is 8.56. The van der Waals surface area contributed by atoms with E-state index in [0.29, 0.717) is 42.0 Å². The number of carbonyl (C=O) groups is 2. The van der Waals surface area contributed by atoms with Crippen LogP contribution in [-0.2, 0) is 30.9 Å². The number of sulfonamides is 1. The molecule has 1 aromatic heterocycles. The van der Waals surface area contributed by atoms with Gasteiger partial charge >= 0.3 is 5.97 Å². The predicted octanol–water partition coefficient (Wildman–Crippen LogP) is 1.47. The van der Waals surface area contributed by atoms with Crippen molar-refractivity contribution in [2.45, 2.75) is 69.5 Å². The number of hydrogen-bond acceptors (Lipinski definition) is 8. The van der Waals surface area contributed by atoms with Crippen LogP contribution in [0.15, 0.2) is 35.2 Å². The summed E-state index contributed by atoms with van der Waals surface area (Å²) in [6.45, 7) is 5.70. The number of rotatable bonds is 11. The van der Waals surface area contributed by atoms with Crippen molar-refractivity contribution in [3.8, 4) is 0 Å². The van der Waals surface area contributed by atoms with Gasteiger partial charge in [-0.2, -0.15) is 4.72 Å². The number of anilines is 1. The van der Waals surface area contributed by atoms with Gasteiger partial charge in [-0.3, -0.25) is 9.63 Å². The molecule has 0 aliphatic carbocycles. The number of carbonyl (C=O) groups excluding carboxylic acids is 1. The number of pyridine rings is 1. The molecule has 1 saturated heterocycles. The van der Waals surface area contributed by atoms with Crippen molar-refractivity contribution in [2.24, 2.45) is 0 Å². The van der Waals surface area contributed by atoms with E-state index in [2.05, 4.69) is 20.5 Å². The van der Waals surface area contributed by atoms with E-state index < -0.39 is 33.7 Å². The topological polar surface area (TPSA) is 173 Å². The molecule has 0 saturated carbocycles. The molecule has 2 aromatic rings. The number of aliphatic carboxylic acids is 1. The van der Waals surface area contributed by atoms with Gasteiger partial charge in [-0.15, -0.1) is 0 Å². The monoisotopic (exact) mass is 519 g/mol. The zero-order chi connectivity index (χ0) is 26.5. The lowest BCUT2D eigenvalue weighted by Crippen LogP contribution is -2.65.